The Labute approximate surface area is 111 Å². The molecule has 0 aliphatic rings. The number of methoxy groups -OCH3 is 1. The fourth-order valence-corrected chi connectivity index (χ4v) is 2.08. The molecule has 0 fully saturated rings. The topological polar surface area (TPSA) is 68.2 Å². The standard InChI is InChI=1S/C14H18N2O3/c1-14(2,3)12-7-9-5-11(16(17)18)6-10(8-19-4)13(9)15-12/h5-7,15H,8H2,1-4H3. The molecule has 1 heterocycles. The summed E-state index contributed by atoms with van der Waals surface area (Å²) in [6, 6.07) is 5.14. The van der Waals surface area contributed by atoms with Gasteiger partial charge in [-0.1, -0.05) is 20.8 Å². The van der Waals surface area contributed by atoms with E-state index in [1.54, 1.807) is 19.2 Å². The molecular weight excluding hydrogens is 244 g/mol. The molecule has 0 spiro atoms. The summed E-state index contributed by atoms with van der Waals surface area (Å²) in [6.07, 6.45) is 0. The molecule has 102 valence electrons. The number of ether oxygens (including phenoxy) is 1. The number of benzene rings is 1. The molecule has 0 aliphatic heterocycles. The summed E-state index contributed by atoms with van der Waals surface area (Å²) in [5, 5.41) is 11.8. The number of aromatic nitrogens is 1. The van der Waals surface area contributed by atoms with Gasteiger partial charge in [0.15, 0.2) is 0 Å². The van der Waals surface area contributed by atoms with Gasteiger partial charge in [-0.05, 0) is 6.07 Å². The molecule has 2 rings (SSSR count). The van der Waals surface area contributed by atoms with E-state index >= 15 is 0 Å². The molecule has 5 nitrogen and oxygen atoms in total. The van der Waals surface area contributed by atoms with Crippen molar-refractivity contribution in [3.05, 3.63) is 39.6 Å². The van der Waals surface area contributed by atoms with Gasteiger partial charge in [0.05, 0.1) is 17.0 Å². The molecule has 1 N–H and O–H groups in total. The maximum Gasteiger partial charge on any atom is 0.270 e. The first-order chi connectivity index (χ1) is 8.82. The molecule has 0 unspecified atom stereocenters. The third-order valence-electron chi connectivity index (χ3n) is 3.11. The van der Waals surface area contributed by atoms with Gasteiger partial charge in [0.1, 0.15) is 0 Å². The normalized spacial score (nSPS) is 12.0. The molecule has 2 aromatic rings. The number of H-pyrrole nitrogens is 1. The SMILES string of the molecule is COCc1cc([N+](=O)[O-])cc2cc(C(C)(C)C)[nH]c12. The number of nitrogens with one attached hydrogen (secondary N) is 1. The molecular formula is C14H18N2O3. The Hall–Kier alpha value is -1.88. The third kappa shape index (κ3) is 2.61. The molecule has 0 saturated carbocycles. The molecule has 0 aliphatic carbocycles. The Morgan fingerprint density at radius 2 is 2.00 bits per heavy atom. The van der Waals surface area contributed by atoms with Crippen LogP contribution >= 0.6 is 0 Å². The Morgan fingerprint density at radius 1 is 1.32 bits per heavy atom. The molecule has 19 heavy (non-hydrogen) atoms. The Balaban J connectivity index is 2.67. The number of non-ortho nitro benzene ring substituents is 1. The van der Waals surface area contributed by atoms with Crippen molar-refractivity contribution in [1.82, 2.24) is 4.98 Å². The zero-order valence-corrected chi connectivity index (χ0v) is 11.6. The highest BCUT2D eigenvalue weighted by molar-refractivity contribution is 5.86. The van der Waals surface area contributed by atoms with Crippen molar-refractivity contribution < 1.29 is 9.66 Å². The number of nitro groups is 1. The molecule has 5 heteroatoms. The summed E-state index contributed by atoms with van der Waals surface area (Å²) >= 11 is 0. The lowest BCUT2D eigenvalue weighted by Crippen LogP contribution is -2.11. The number of nitrogens with zero attached hydrogens (tertiary/aromatic N) is 1. The average molecular weight is 262 g/mol. The fraction of sp³-hybridized carbons (Fsp3) is 0.429. The van der Waals surface area contributed by atoms with Crippen molar-refractivity contribution in [2.75, 3.05) is 7.11 Å². The van der Waals surface area contributed by atoms with Crippen LogP contribution in [0, 0.1) is 10.1 Å². The van der Waals surface area contributed by atoms with E-state index < -0.39 is 0 Å². The van der Waals surface area contributed by atoms with E-state index in [0.29, 0.717) is 6.61 Å². The first-order valence-corrected chi connectivity index (χ1v) is 6.12. The van der Waals surface area contributed by atoms with Gasteiger partial charge < -0.3 is 9.72 Å². The summed E-state index contributed by atoms with van der Waals surface area (Å²) in [5.74, 6) is 0. The second-order valence-electron chi connectivity index (χ2n) is 5.69. The van der Waals surface area contributed by atoms with E-state index in [1.807, 2.05) is 6.07 Å². The quantitative estimate of drug-likeness (QED) is 0.679. The van der Waals surface area contributed by atoms with E-state index in [0.717, 1.165) is 22.2 Å². The van der Waals surface area contributed by atoms with Crippen LogP contribution in [-0.2, 0) is 16.8 Å². The highest BCUT2D eigenvalue weighted by Crippen LogP contribution is 2.30. The van der Waals surface area contributed by atoms with Crippen LogP contribution in [0.15, 0.2) is 18.2 Å². The second-order valence-corrected chi connectivity index (χ2v) is 5.69. The molecule has 0 radical (unpaired) electrons. The van der Waals surface area contributed by atoms with E-state index in [-0.39, 0.29) is 16.0 Å². The minimum atomic E-state index is -0.373. The van der Waals surface area contributed by atoms with Crippen LogP contribution in [0.2, 0.25) is 0 Å². The lowest BCUT2D eigenvalue weighted by atomic mass is 9.92. The lowest BCUT2D eigenvalue weighted by molar-refractivity contribution is -0.384. The number of rotatable bonds is 3. The second kappa shape index (κ2) is 4.66. The van der Waals surface area contributed by atoms with Crippen LogP contribution in [-0.4, -0.2) is 17.0 Å². The van der Waals surface area contributed by atoms with Gasteiger partial charge in [0.25, 0.3) is 5.69 Å². The van der Waals surface area contributed by atoms with Crippen molar-refractivity contribution in [3.63, 3.8) is 0 Å². The molecule has 0 atom stereocenters. The van der Waals surface area contributed by atoms with Gasteiger partial charge in [0.2, 0.25) is 0 Å². The van der Waals surface area contributed by atoms with Crippen molar-refractivity contribution in [2.24, 2.45) is 0 Å². The zero-order chi connectivity index (χ0) is 14.2. The Morgan fingerprint density at radius 3 is 2.53 bits per heavy atom. The van der Waals surface area contributed by atoms with Gasteiger partial charge in [-0.2, -0.15) is 0 Å². The Kier molecular flexibility index (Phi) is 3.32. The maximum atomic E-state index is 11.0. The van der Waals surface area contributed by atoms with Gasteiger partial charge in [0, 0.05) is 41.3 Å². The van der Waals surface area contributed by atoms with Crippen molar-refractivity contribution >= 4 is 16.6 Å². The first-order valence-electron chi connectivity index (χ1n) is 6.12. The lowest BCUT2D eigenvalue weighted by Gasteiger charge is -2.15. The number of fused-ring (bicyclic) bond motifs is 1. The number of aromatic amines is 1. The highest BCUT2D eigenvalue weighted by atomic mass is 16.6. The van der Waals surface area contributed by atoms with Crippen LogP contribution in [0.25, 0.3) is 10.9 Å². The average Bonchev–Trinajstić information content (AvgIpc) is 2.72. The molecule has 0 amide bonds. The molecule has 1 aromatic carbocycles. The largest absolute Gasteiger partial charge is 0.380 e. The summed E-state index contributed by atoms with van der Waals surface area (Å²) in [7, 11) is 1.58. The van der Waals surface area contributed by atoms with Crippen LogP contribution in [0.1, 0.15) is 32.0 Å². The van der Waals surface area contributed by atoms with Crippen LogP contribution < -0.4 is 0 Å². The van der Waals surface area contributed by atoms with E-state index in [4.69, 9.17) is 4.74 Å². The van der Waals surface area contributed by atoms with Gasteiger partial charge in [-0.15, -0.1) is 0 Å². The van der Waals surface area contributed by atoms with E-state index in [9.17, 15) is 10.1 Å². The third-order valence-corrected chi connectivity index (χ3v) is 3.11. The molecule has 1 aromatic heterocycles. The summed E-state index contributed by atoms with van der Waals surface area (Å²) in [6.45, 7) is 6.65. The first kappa shape index (κ1) is 13.5. The highest BCUT2D eigenvalue weighted by Gasteiger charge is 2.19. The van der Waals surface area contributed by atoms with Crippen LogP contribution in [0.4, 0.5) is 5.69 Å². The predicted octanol–water partition coefficient (Wildman–Crippen LogP) is 3.52. The number of nitro benzene ring substituents is 1. The Bertz CT molecular complexity index is 623. The minimum absolute atomic E-state index is 0.0296. The predicted molar refractivity (Wildman–Crippen MR) is 74.4 cm³/mol. The van der Waals surface area contributed by atoms with Crippen molar-refractivity contribution in [3.8, 4) is 0 Å². The molecule has 0 saturated heterocycles. The molecule has 0 bridgehead atoms. The summed E-state index contributed by atoms with van der Waals surface area (Å²) < 4.78 is 5.12. The fourth-order valence-electron chi connectivity index (χ4n) is 2.08. The smallest absolute Gasteiger partial charge is 0.270 e. The monoisotopic (exact) mass is 262 g/mol. The zero-order valence-electron chi connectivity index (χ0n) is 11.6. The number of hydrogen-bond acceptors (Lipinski definition) is 3. The number of hydrogen-bond donors (Lipinski definition) is 1. The van der Waals surface area contributed by atoms with Gasteiger partial charge >= 0.3 is 0 Å². The van der Waals surface area contributed by atoms with Gasteiger partial charge in [-0.3, -0.25) is 10.1 Å². The van der Waals surface area contributed by atoms with Gasteiger partial charge in [-0.25, -0.2) is 0 Å². The van der Waals surface area contributed by atoms with Crippen LogP contribution in [0.3, 0.4) is 0 Å². The summed E-state index contributed by atoms with van der Waals surface area (Å²) in [4.78, 5) is 13.9. The van der Waals surface area contributed by atoms with Crippen molar-refractivity contribution in [2.45, 2.75) is 32.8 Å². The maximum absolute atomic E-state index is 11.0. The minimum Gasteiger partial charge on any atom is -0.380 e. The van der Waals surface area contributed by atoms with Crippen LogP contribution in [0.5, 0.6) is 0 Å². The van der Waals surface area contributed by atoms with E-state index in [1.165, 1.54) is 0 Å². The van der Waals surface area contributed by atoms with Crippen molar-refractivity contribution in [1.29, 1.82) is 0 Å². The van der Waals surface area contributed by atoms with E-state index in [2.05, 4.69) is 25.8 Å². The summed E-state index contributed by atoms with van der Waals surface area (Å²) in [5.41, 5.74) is 2.84.